The van der Waals surface area contributed by atoms with Gasteiger partial charge < -0.3 is 5.11 Å². The van der Waals surface area contributed by atoms with Crippen LogP contribution in [0, 0.1) is 17.5 Å². The monoisotopic (exact) mass is 225 g/mol. The molecule has 0 spiro atoms. The van der Waals surface area contributed by atoms with Crippen molar-refractivity contribution < 1.29 is 18.3 Å². The summed E-state index contributed by atoms with van der Waals surface area (Å²) >= 11 is 0. The van der Waals surface area contributed by atoms with Crippen LogP contribution in [0.3, 0.4) is 0 Å². The van der Waals surface area contributed by atoms with E-state index in [1.807, 2.05) is 0 Å². The summed E-state index contributed by atoms with van der Waals surface area (Å²) in [5.41, 5.74) is -0.0342. The maximum atomic E-state index is 13.3. The van der Waals surface area contributed by atoms with E-state index in [4.69, 9.17) is 5.11 Å². The van der Waals surface area contributed by atoms with Crippen molar-refractivity contribution in [3.05, 3.63) is 47.9 Å². The smallest absolute Gasteiger partial charge is 0.161 e. The molecule has 0 aliphatic rings. The molecule has 2 aromatic rings. The van der Waals surface area contributed by atoms with Gasteiger partial charge >= 0.3 is 0 Å². The number of rotatable bonds is 1. The van der Waals surface area contributed by atoms with Crippen molar-refractivity contribution in [3.8, 4) is 17.0 Å². The molecule has 5 heteroatoms. The highest BCUT2D eigenvalue weighted by Gasteiger charge is 2.12. The van der Waals surface area contributed by atoms with E-state index in [1.165, 1.54) is 12.1 Å². The summed E-state index contributed by atoms with van der Waals surface area (Å²) in [5.74, 6) is -3.39. The van der Waals surface area contributed by atoms with Gasteiger partial charge in [0.25, 0.3) is 0 Å². The van der Waals surface area contributed by atoms with Gasteiger partial charge in [0.05, 0.1) is 11.9 Å². The van der Waals surface area contributed by atoms with Crippen molar-refractivity contribution in [2.45, 2.75) is 0 Å². The van der Waals surface area contributed by atoms with E-state index in [2.05, 4.69) is 4.98 Å². The molecule has 0 saturated carbocycles. The zero-order chi connectivity index (χ0) is 11.7. The summed E-state index contributed by atoms with van der Waals surface area (Å²) in [5, 5.41) is 8.98. The number of pyridine rings is 1. The Morgan fingerprint density at radius 1 is 0.938 bits per heavy atom. The first-order valence-electron chi connectivity index (χ1n) is 4.38. The van der Waals surface area contributed by atoms with E-state index >= 15 is 0 Å². The van der Waals surface area contributed by atoms with Gasteiger partial charge in [-0.05, 0) is 18.2 Å². The molecule has 0 atom stereocenters. The predicted molar refractivity (Wildman–Crippen MR) is 51.2 cm³/mol. The van der Waals surface area contributed by atoms with Crippen molar-refractivity contribution in [2.75, 3.05) is 0 Å². The largest absolute Gasteiger partial charge is 0.506 e. The minimum absolute atomic E-state index is 0.0910. The third-order valence-electron chi connectivity index (χ3n) is 2.03. The third kappa shape index (κ3) is 1.84. The van der Waals surface area contributed by atoms with E-state index in [0.29, 0.717) is 6.07 Å². The van der Waals surface area contributed by atoms with Gasteiger partial charge in [-0.15, -0.1) is 0 Å². The molecule has 0 bridgehead atoms. The van der Waals surface area contributed by atoms with E-state index in [0.717, 1.165) is 12.3 Å². The number of halogens is 3. The van der Waals surface area contributed by atoms with Crippen LogP contribution >= 0.6 is 0 Å². The lowest BCUT2D eigenvalue weighted by Gasteiger charge is -2.03. The van der Waals surface area contributed by atoms with Crippen molar-refractivity contribution in [3.63, 3.8) is 0 Å². The summed E-state index contributed by atoms with van der Waals surface area (Å²) < 4.78 is 38.9. The highest BCUT2D eigenvalue weighted by Crippen LogP contribution is 2.24. The summed E-state index contributed by atoms with van der Waals surface area (Å²) in [4.78, 5) is 3.70. The second-order valence-electron chi connectivity index (χ2n) is 3.15. The Morgan fingerprint density at radius 3 is 2.25 bits per heavy atom. The van der Waals surface area contributed by atoms with E-state index in [1.54, 1.807) is 0 Å². The zero-order valence-corrected chi connectivity index (χ0v) is 7.92. The summed E-state index contributed by atoms with van der Waals surface area (Å²) in [7, 11) is 0. The fourth-order valence-electron chi connectivity index (χ4n) is 1.26. The van der Waals surface area contributed by atoms with Gasteiger partial charge in [-0.1, -0.05) is 0 Å². The number of hydrogen-bond acceptors (Lipinski definition) is 2. The Hall–Kier alpha value is -2.04. The van der Waals surface area contributed by atoms with Gasteiger partial charge in [0.15, 0.2) is 11.6 Å². The standard InChI is InChI=1S/C11H6F3NO/c12-8-4-10(14)9(13)3-7(8)11-2-1-6(16)5-15-11/h1-5,16H. The van der Waals surface area contributed by atoms with Crippen LogP contribution in [0.5, 0.6) is 5.75 Å². The zero-order valence-electron chi connectivity index (χ0n) is 7.92. The van der Waals surface area contributed by atoms with Crippen LogP contribution in [0.2, 0.25) is 0 Å². The molecule has 0 unspecified atom stereocenters. The molecule has 1 aromatic carbocycles. The molecule has 0 fully saturated rings. The number of aromatic nitrogens is 1. The Bertz CT molecular complexity index is 525. The summed E-state index contributed by atoms with van der Waals surface area (Å²) in [6.45, 7) is 0. The second-order valence-corrected chi connectivity index (χ2v) is 3.15. The predicted octanol–water partition coefficient (Wildman–Crippen LogP) is 2.87. The van der Waals surface area contributed by atoms with Gasteiger partial charge in [0.1, 0.15) is 11.6 Å². The van der Waals surface area contributed by atoms with Crippen LogP contribution in [-0.4, -0.2) is 10.1 Å². The Labute approximate surface area is 89.0 Å². The van der Waals surface area contributed by atoms with Crippen LogP contribution in [0.15, 0.2) is 30.5 Å². The second kappa shape index (κ2) is 3.84. The molecular weight excluding hydrogens is 219 g/mol. The normalized spacial score (nSPS) is 10.4. The average Bonchev–Trinajstić information content (AvgIpc) is 2.25. The van der Waals surface area contributed by atoms with Gasteiger partial charge in [-0.3, -0.25) is 4.98 Å². The van der Waals surface area contributed by atoms with E-state index in [9.17, 15) is 13.2 Å². The molecule has 0 aliphatic heterocycles. The first-order chi connectivity index (χ1) is 7.58. The lowest BCUT2D eigenvalue weighted by atomic mass is 10.1. The van der Waals surface area contributed by atoms with Crippen LogP contribution in [-0.2, 0) is 0 Å². The first kappa shape index (κ1) is 10.5. The number of aromatic hydroxyl groups is 1. The lowest BCUT2D eigenvalue weighted by Crippen LogP contribution is -1.92. The molecule has 2 rings (SSSR count). The molecule has 1 heterocycles. The molecule has 1 N–H and O–H groups in total. The fraction of sp³-hybridized carbons (Fsp3) is 0. The van der Waals surface area contributed by atoms with Crippen LogP contribution in [0.1, 0.15) is 0 Å². The van der Waals surface area contributed by atoms with Crippen molar-refractivity contribution in [2.24, 2.45) is 0 Å². The molecule has 0 amide bonds. The Morgan fingerprint density at radius 2 is 1.62 bits per heavy atom. The highest BCUT2D eigenvalue weighted by molar-refractivity contribution is 5.60. The lowest BCUT2D eigenvalue weighted by molar-refractivity contribution is 0.472. The molecule has 0 aliphatic carbocycles. The Balaban J connectivity index is 2.56. The average molecular weight is 225 g/mol. The van der Waals surface area contributed by atoms with E-state index < -0.39 is 17.5 Å². The molecule has 82 valence electrons. The Kier molecular flexibility index (Phi) is 2.52. The molecule has 2 nitrogen and oxygen atoms in total. The topological polar surface area (TPSA) is 33.1 Å². The minimum atomic E-state index is -1.25. The molecule has 16 heavy (non-hydrogen) atoms. The highest BCUT2D eigenvalue weighted by atomic mass is 19.2. The van der Waals surface area contributed by atoms with Crippen LogP contribution in [0.25, 0.3) is 11.3 Å². The van der Waals surface area contributed by atoms with E-state index in [-0.39, 0.29) is 17.0 Å². The number of nitrogens with zero attached hydrogens (tertiary/aromatic N) is 1. The summed E-state index contributed by atoms with van der Waals surface area (Å²) in [6.07, 6.45) is 1.09. The van der Waals surface area contributed by atoms with Gasteiger partial charge in [-0.2, -0.15) is 0 Å². The van der Waals surface area contributed by atoms with Crippen molar-refractivity contribution in [1.29, 1.82) is 0 Å². The maximum Gasteiger partial charge on any atom is 0.161 e. The SMILES string of the molecule is Oc1ccc(-c2cc(F)c(F)cc2F)nc1. The quantitative estimate of drug-likeness (QED) is 0.757. The van der Waals surface area contributed by atoms with Crippen LogP contribution in [0.4, 0.5) is 13.2 Å². The van der Waals surface area contributed by atoms with Gasteiger partial charge in [0.2, 0.25) is 0 Å². The molecule has 0 saturated heterocycles. The molecule has 1 aromatic heterocycles. The number of hydrogen-bond donors (Lipinski definition) is 1. The first-order valence-corrected chi connectivity index (χ1v) is 4.38. The van der Waals surface area contributed by atoms with Crippen molar-refractivity contribution in [1.82, 2.24) is 4.98 Å². The number of benzene rings is 1. The van der Waals surface area contributed by atoms with Crippen molar-refractivity contribution >= 4 is 0 Å². The minimum Gasteiger partial charge on any atom is -0.506 e. The van der Waals surface area contributed by atoms with Gasteiger partial charge in [0, 0.05) is 11.6 Å². The van der Waals surface area contributed by atoms with Gasteiger partial charge in [-0.25, -0.2) is 13.2 Å². The third-order valence-corrected chi connectivity index (χ3v) is 2.03. The molecular formula is C11H6F3NO. The van der Waals surface area contributed by atoms with Crippen LogP contribution < -0.4 is 0 Å². The fourth-order valence-corrected chi connectivity index (χ4v) is 1.26. The maximum absolute atomic E-state index is 13.3. The summed E-state index contributed by atoms with van der Waals surface area (Å²) in [6, 6.07) is 3.78. The molecule has 0 radical (unpaired) electrons.